The van der Waals surface area contributed by atoms with E-state index < -0.39 is 0 Å². The average Bonchev–Trinajstić information content (AvgIpc) is 3.56. The van der Waals surface area contributed by atoms with Gasteiger partial charge in [-0.1, -0.05) is 140 Å². The lowest BCUT2D eigenvalue weighted by molar-refractivity contribution is 0.569. The highest BCUT2D eigenvalue weighted by Crippen LogP contribution is 2.52. The normalized spacial score (nSPS) is 13.9. The van der Waals surface area contributed by atoms with Crippen molar-refractivity contribution in [2.45, 2.75) is 71.6 Å². The molecule has 2 heteroatoms. The number of hydrogen-bond donors (Lipinski definition) is 0. The Bertz CT molecular complexity index is 2380. The quantitative estimate of drug-likeness (QED) is 0.191. The standard InChI is InChI=1S/C47H45NO/c1-45(2,3)31-26-40(46(4,5)6)44-37-28-32(23-25-42(37)49-43(44)27-31)48(41-21-15-13-18-34(41)30-16-10-9-11-17-30)33-22-24-36-35-19-12-14-20-38(35)47(7,8)39(36)29-33/h9-29H,1-8H3. The van der Waals surface area contributed by atoms with Crippen molar-refractivity contribution >= 4 is 39.0 Å². The van der Waals surface area contributed by atoms with Gasteiger partial charge in [-0.05, 0) is 92.2 Å². The highest BCUT2D eigenvalue weighted by molar-refractivity contribution is 6.09. The summed E-state index contributed by atoms with van der Waals surface area (Å²) in [4.78, 5) is 2.44. The van der Waals surface area contributed by atoms with E-state index in [1.807, 2.05) is 0 Å². The van der Waals surface area contributed by atoms with Gasteiger partial charge in [-0.15, -0.1) is 0 Å². The molecule has 1 heterocycles. The van der Waals surface area contributed by atoms with Gasteiger partial charge in [-0.25, -0.2) is 0 Å². The largest absolute Gasteiger partial charge is 0.456 e. The molecule has 0 radical (unpaired) electrons. The molecule has 8 rings (SSSR count). The molecule has 0 saturated carbocycles. The van der Waals surface area contributed by atoms with Crippen molar-refractivity contribution in [2.24, 2.45) is 0 Å². The molecule has 0 atom stereocenters. The Kier molecular flexibility index (Phi) is 6.99. The lowest BCUT2D eigenvalue weighted by Crippen LogP contribution is -2.17. The van der Waals surface area contributed by atoms with Crippen LogP contribution in [0.3, 0.4) is 0 Å². The molecule has 0 spiro atoms. The van der Waals surface area contributed by atoms with Crippen LogP contribution in [0.25, 0.3) is 44.2 Å². The Morgan fingerprint density at radius 1 is 0.531 bits per heavy atom. The average molecular weight is 640 g/mol. The van der Waals surface area contributed by atoms with E-state index in [4.69, 9.17) is 4.42 Å². The fourth-order valence-electron chi connectivity index (χ4n) is 7.85. The smallest absolute Gasteiger partial charge is 0.136 e. The minimum absolute atomic E-state index is 0.0112. The summed E-state index contributed by atoms with van der Waals surface area (Å²) in [7, 11) is 0. The van der Waals surface area contributed by atoms with Crippen LogP contribution < -0.4 is 4.90 Å². The molecule has 1 aliphatic carbocycles. The maximum Gasteiger partial charge on any atom is 0.136 e. The van der Waals surface area contributed by atoms with Gasteiger partial charge in [0, 0.05) is 33.1 Å². The predicted octanol–water partition coefficient (Wildman–Crippen LogP) is 13.6. The zero-order valence-corrected chi connectivity index (χ0v) is 30.0. The lowest BCUT2D eigenvalue weighted by atomic mass is 9.79. The Morgan fingerprint density at radius 3 is 1.90 bits per heavy atom. The van der Waals surface area contributed by atoms with E-state index >= 15 is 0 Å². The summed E-state index contributed by atoms with van der Waals surface area (Å²) in [6.07, 6.45) is 0. The van der Waals surface area contributed by atoms with Crippen LogP contribution in [-0.4, -0.2) is 0 Å². The Hall–Kier alpha value is -5.08. The van der Waals surface area contributed by atoms with Crippen LogP contribution in [0.5, 0.6) is 0 Å². The fraction of sp³-hybridized carbons (Fsp3) is 0.234. The van der Waals surface area contributed by atoms with Gasteiger partial charge >= 0.3 is 0 Å². The molecule has 0 aliphatic heterocycles. The first-order valence-corrected chi connectivity index (χ1v) is 17.5. The highest BCUT2D eigenvalue weighted by Gasteiger charge is 2.36. The van der Waals surface area contributed by atoms with Crippen LogP contribution in [0.2, 0.25) is 0 Å². The molecule has 0 N–H and O–H groups in total. The first-order valence-electron chi connectivity index (χ1n) is 17.5. The number of hydrogen-bond acceptors (Lipinski definition) is 2. The zero-order chi connectivity index (χ0) is 34.3. The molecule has 0 fully saturated rings. The summed E-state index contributed by atoms with van der Waals surface area (Å²) >= 11 is 0. The third-order valence-corrected chi connectivity index (χ3v) is 10.5. The summed E-state index contributed by atoms with van der Waals surface area (Å²) in [5, 5.41) is 2.35. The zero-order valence-electron chi connectivity index (χ0n) is 30.0. The third-order valence-electron chi connectivity index (χ3n) is 10.5. The number of fused-ring (bicyclic) bond motifs is 6. The molecule has 49 heavy (non-hydrogen) atoms. The van der Waals surface area contributed by atoms with Crippen molar-refractivity contribution in [2.75, 3.05) is 4.90 Å². The van der Waals surface area contributed by atoms with E-state index in [1.54, 1.807) is 0 Å². The number of furan rings is 1. The fourth-order valence-corrected chi connectivity index (χ4v) is 7.85. The van der Waals surface area contributed by atoms with Crippen LogP contribution in [0, 0.1) is 0 Å². The van der Waals surface area contributed by atoms with E-state index in [9.17, 15) is 0 Å². The molecular formula is C47H45NO. The summed E-state index contributed by atoms with van der Waals surface area (Å²) in [5.41, 5.74) is 15.5. The molecule has 1 aromatic heterocycles. The number of benzene rings is 6. The van der Waals surface area contributed by atoms with Crippen molar-refractivity contribution in [3.63, 3.8) is 0 Å². The van der Waals surface area contributed by atoms with E-state index in [-0.39, 0.29) is 16.2 Å². The monoisotopic (exact) mass is 639 g/mol. The molecule has 0 amide bonds. The van der Waals surface area contributed by atoms with Gasteiger partial charge in [0.1, 0.15) is 11.2 Å². The first-order chi connectivity index (χ1) is 23.3. The Balaban J connectivity index is 1.40. The summed E-state index contributed by atoms with van der Waals surface area (Å²) < 4.78 is 6.67. The van der Waals surface area contributed by atoms with Gasteiger partial charge in [-0.3, -0.25) is 0 Å². The minimum Gasteiger partial charge on any atom is -0.456 e. The lowest BCUT2D eigenvalue weighted by Gasteiger charge is -2.30. The summed E-state index contributed by atoms with van der Waals surface area (Å²) in [6, 6.07) is 46.8. The topological polar surface area (TPSA) is 16.4 Å². The predicted molar refractivity (Wildman–Crippen MR) is 209 cm³/mol. The number of anilines is 3. The van der Waals surface area contributed by atoms with Crippen LogP contribution in [0.15, 0.2) is 132 Å². The summed E-state index contributed by atoms with van der Waals surface area (Å²) in [6.45, 7) is 18.5. The van der Waals surface area contributed by atoms with E-state index in [0.717, 1.165) is 33.6 Å². The minimum atomic E-state index is -0.107. The Labute approximate surface area is 291 Å². The van der Waals surface area contributed by atoms with Crippen LogP contribution >= 0.6 is 0 Å². The van der Waals surface area contributed by atoms with Crippen molar-refractivity contribution in [1.82, 2.24) is 0 Å². The van der Waals surface area contributed by atoms with E-state index in [0.29, 0.717) is 0 Å². The molecule has 1 aliphatic rings. The number of rotatable bonds is 4. The van der Waals surface area contributed by atoms with Gasteiger partial charge in [0.15, 0.2) is 0 Å². The Morgan fingerprint density at radius 2 is 1.16 bits per heavy atom. The van der Waals surface area contributed by atoms with Gasteiger partial charge in [0.2, 0.25) is 0 Å². The second-order valence-corrected chi connectivity index (χ2v) is 16.3. The van der Waals surface area contributed by atoms with Crippen LogP contribution in [0.4, 0.5) is 17.1 Å². The molecule has 0 saturated heterocycles. The molecule has 7 aromatic rings. The van der Waals surface area contributed by atoms with Crippen molar-refractivity contribution in [1.29, 1.82) is 0 Å². The maximum atomic E-state index is 6.67. The molecule has 0 unspecified atom stereocenters. The number of nitrogens with zero attached hydrogens (tertiary/aromatic N) is 1. The highest BCUT2D eigenvalue weighted by atomic mass is 16.3. The van der Waals surface area contributed by atoms with Gasteiger partial charge in [0.25, 0.3) is 0 Å². The second-order valence-electron chi connectivity index (χ2n) is 16.3. The molecule has 244 valence electrons. The van der Waals surface area contributed by atoms with Gasteiger partial charge in [0.05, 0.1) is 5.69 Å². The SMILES string of the molecule is CC(C)(C)c1cc(C(C)(C)C)c2c(c1)oc1ccc(N(c3ccc4c(c3)C(C)(C)c3ccccc3-4)c3ccccc3-c3ccccc3)cc12. The van der Waals surface area contributed by atoms with Gasteiger partial charge in [-0.2, -0.15) is 0 Å². The maximum absolute atomic E-state index is 6.67. The second kappa shape index (κ2) is 11.0. The molecule has 2 nitrogen and oxygen atoms in total. The van der Waals surface area contributed by atoms with E-state index in [1.165, 1.54) is 49.9 Å². The number of para-hydroxylation sites is 1. The van der Waals surface area contributed by atoms with Crippen molar-refractivity contribution in [3.8, 4) is 22.3 Å². The summed E-state index contributed by atoms with van der Waals surface area (Å²) in [5.74, 6) is 0. The first kappa shape index (κ1) is 31.2. The van der Waals surface area contributed by atoms with E-state index in [2.05, 4.69) is 188 Å². The van der Waals surface area contributed by atoms with Crippen LogP contribution in [0.1, 0.15) is 77.6 Å². The molecule has 0 bridgehead atoms. The van der Waals surface area contributed by atoms with Crippen LogP contribution in [-0.2, 0) is 16.2 Å². The third kappa shape index (κ3) is 5.08. The van der Waals surface area contributed by atoms with Crippen molar-refractivity contribution in [3.05, 3.63) is 150 Å². The van der Waals surface area contributed by atoms with Gasteiger partial charge < -0.3 is 9.32 Å². The molecular weight excluding hydrogens is 595 g/mol. The molecule has 6 aromatic carbocycles. The van der Waals surface area contributed by atoms with Crippen molar-refractivity contribution < 1.29 is 4.42 Å².